The third-order valence-electron chi connectivity index (χ3n) is 2.94. The van der Waals surface area contributed by atoms with Crippen molar-refractivity contribution in [2.24, 2.45) is 0 Å². The van der Waals surface area contributed by atoms with Crippen LogP contribution in [0.15, 0.2) is 45.8 Å². The average Bonchev–Trinajstić information content (AvgIpc) is 2.41. The Balaban J connectivity index is 2.28. The SMILES string of the molecule is CCc1cccc(C)c1NC(=O)c1ccc(=O)oc1. The van der Waals surface area contributed by atoms with Gasteiger partial charge in [-0.05, 0) is 30.5 Å². The van der Waals surface area contributed by atoms with Crippen LogP contribution in [-0.4, -0.2) is 5.91 Å². The quantitative estimate of drug-likeness (QED) is 0.919. The molecular formula is C15H15NO3. The van der Waals surface area contributed by atoms with E-state index < -0.39 is 5.63 Å². The highest BCUT2D eigenvalue weighted by Gasteiger charge is 2.11. The molecule has 1 aromatic carbocycles. The Morgan fingerprint density at radius 1 is 1.26 bits per heavy atom. The zero-order chi connectivity index (χ0) is 13.8. The fourth-order valence-corrected chi connectivity index (χ4v) is 1.87. The molecule has 98 valence electrons. The standard InChI is InChI=1S/C15H15NO3/c1-3-11-6-4-5-10(2)14(11)16-15(18)12-7-8-13(17)19-9-12/h4-9H,3H2,1-2H3,(H,16,18). The van der Waals surface area contributed by atoms with Crippen molar-refractivity contribution >= 4 is 11.6 Å². The highest BCUT2D eigenvalue weighted by molar-refractivity contribution is 6.04. The van der Waals surface area contributed by atoms with Gasteiger partial charge in [-0.1, -0.05) is 25.1 Å². The summed E-state index contributed by atoms with van der Waals surface area (Å²) in [4.78, 5) is 22.9. The number of hydrogen-bond donors (Lipinski definition) is 1. The number of nitrogens with one attached hydrogen (secondary N) is 1. The van der Waals surface area contributed by atoms with E-state index in [1.54, 1.807) is 0 Å². The molecule has 0 bridgehead atoms. The maximum atomic E-state index is 12.1. The largest absolute Gasteiger partial charge is 0.430 e. The van der Waals surface area contributed by atoms with Gasteiger partial charge in [-0.25, -0.2) is 4.79 Å². The molecule has 0 aliphatic rings. The summed E-state index contributed by atoms with van der Waals surface area (Å²) in [6, 6.07) is 8.57. The van der Waals surface area contributed by atoms with Gasteiger partial charge >= 0.3 is 5.63 Å². The Morgan fingerprint density at radius 2 is 2.05 bits per heavy atom. The lowest BCUT2D eigenvalue weighted by atomic mass is 10.1. The lowest BCUT2D eigenvalue weighted by Gasteiger charge is -2.12. The van der Waals surface area contributed by atoms with Gasteiger partial charge in [0.15, 0.2) is 0 Å². The van der Waals surface area contributed by atoms with E-state index in [-0.39, 0.29) is 5.91 Å². The predicted octanol–water partition coefficient (Wildman–Crippen LogP) is 2.76. The first kappa shape index (κ1) is 13.1. The van der Waals surface area contributed by atoms with Crippen LogP contribution < -0.4 is 10.9 Å². The number of anilines is 1. The molecule has 1 N–H and O–H groups in total. The normalized spacial score (nSPS) is 10.2. The first-order valence-electron chi connectivity index (χ1n) is 6.10. The Labute approximate surface area is 111 Å². The van der Waals surface area contributed by atoms with Gasteiger partial charge < -0.3 is 9.73 Å². The number of amides is 1. The van der Waals surface area contributed by atoms with Crippen molar-refractivity contribution in [1.29, 1.82) is 0 Å². The Kier molecular flexibility index (Phi) is 3.80. The second-order valence-electron chi connectivity index (χ2n) is 4.26. The van der Waals surface area contributed by atoms with E-state index in [4.69, 9.17) is 0 Å². The maximum Gasteiger partial charge on any atom is 0.335 e. The van der Waals surface area contributed by atoms with E-state index in [1.807, 2.05) is 32.0 Å². The topological polar surface area (TPSA) is 59.3 Å². The summed E-state index contributed by atoms with van der Waals surface area (Å²) < 4.78 is 4.69. The van der Waals surface area contributed by atoms with Crippen molar-refractivity contribution in [3.8, 4) is 0 Å². The third-order valence-corrected chi connectivity index (χ3v) is 2.94. The van der Waals surface area contributed by atoms with Crippen LogP contribution in [0.2, 0.25) is 0 Å². The van der Waals surface area contributed by atoms with Gasteiger partial charge in [0.2, 0.25) is 0 Å². The van der Waals surface area contributed by atoms with Gasteiger partial charge in [-0.3, -0.25) is 4.79 Å². The van der Waals surface area contributed by atoms with Gasteiger partial charge in [-0.2, -0.15) is 0 Å². The molecule has 4 heteroatoms. The number of carbonyl (C=O) groups excluding carboxylic acids is 1. The van der Waals surface area contributed by atoms with Gasteiger partial charge in [0.05, 0.1) is 5.56 Å². The summed E-state index contributed by atoms with van der Waals surface area (Å²) in [5.41, 5.74) is 2.75. The van der Waals surface area contributed by atoms with E-state index >= 15 is 0 Å². The third kappa shape index (κ3) is 2.91. The molecule has 0 unspecified atom stereocenters. The fraction of sp³-hybridized carbons (Fsp3) is 0.200. The second kappa shape index (κ2) is 5.52. The van der Waals surface area contributed by atoms with E-state index in [2.05, 4.69) is 9.73 Å². The minimum Gasteiger partial charge on any atom is -0.430 e. The molecule has 4 nitrogen and oxygen atoms in total. The number of carbonyl (C=O) groups is 1. The van der Waals surface area contributed by atoms with Gasteiger partial charge in [0.25, 0.3) is 5.91 Å². The lowest BCUT2D eigenvalue weighted by Crippen LogP contribution is -2.15. The molecule has 19 heavy (non-hydrogen) atoms. The number of aryl methyl sites for hydroxylation is 2. The number of hydrogen-bond acceptors (Lipinski definition) is 3. The molecule has 0 radical (unpaired) electrons. The first-order valence-corrected chi connectivity index (χ1v) is 6.10. The Hall–Kier alpha value is -2.36. The van der Waals surface area contributed by atoms with Crippen LogP contribution in [0.4, 0.5) is 5.69 Å². The Bertz CT molecular complexity index is 638. The fourth-order valence-electron chi connectivity index (χ4n) is 1.87. The van der Waals surface area contributed by atoms with Crippen molar-refractivity contribution in [1.82, 2.24) is 0 Å². The number of para-hydroxylation sites is 1. The molecule has 0 spiro atoms. The molecule has 0 saturated carbocycles. The van der Waals surface area contributed by atoms with Crippen LogP contribution in [0.1, 0.15) is 28.4 Å². The highest BCUT2D eigenvalue weighted by atomic mass is 16.4. The molecule has 0 atom stereocenters. The summed E-state index contributed by atoms with van der Waals surface area (Å²) in [7, 11) is 0. The summed E-state index contributed by atoms with van der Waals surface area (Å²) in [6.45, 7) is 3.98. The first-order chi connectivity index (χ1) is 9.11. The number of benzene rings is 1. The minimum absolute atomic E-state index is 0.284. The van der Waals surface area contributed by atoms with Crippen LogP contribution >= 0.6 is 0 Å². The molecule has 1 heterocycles. The number of rotatable bonds is 3. The van der Waals surface area contributed by atoms with Crippen LogP contribution in [0.25, 0.3) is 0 Å². The molecule has 1 aromatic heterocycles. The Morgan fingerprint density at radius 3 is 2.68 bits per heavy atom. The van der Waals surface area contributed by atoms with Crippen molar-refractivity contribution < 1.29 is 9.21 Å². The molecule has 0 aliphatic carbocycles. The molecule has 1 amide bonds. The van der Waals surface area contributed by atoms with Crippen LogP contribution in [0, 0.1) is 6.92 Å². The minimum atomic E-state index is -0.471. The van der Waals surface area contributed by atoms with Gasteiger partial charge in [0, 0.05) is 11.8 Å². The summed E-state index contributed by atoms with van der Waals surface area (Å²) >= 11 is 0. The summed E-state index contributed by atoms with van der Waals surface area (Å²) in [6.07, 6.45) is 2.00. The zero-order valence-corrected chi connectivity index (χ0v) is 10.9. The van der Waals surface area contributed by atoms with Crippen molar-refractivity contribution in [2.75, 3.05) is 5.32 Å². The molecule has 2 rings (SSSR count). The summed E-state index contributed by atoms with van der Waals surface area (Å²) in [5.74, 6) is -0.284. The van der Waals surface area contributed by atoms with Crippen LogP contribution in [0.3, 0.4) is 0 Å². The molecule has 2 aromatic rings. The van der Waals surface area contributed by atoms with Gasteiger partial charge in [-0.15, -0.1) is 0 Å². The van der Waals surface area contributed by atoms with Gasteiger partial charge in [0.1, 0.15) is 6.26 Å². The van der Waals surface area contributed by atoms with E-state index in [9.17, 15) is 9.59 Å². The molecule has 0 saturated heterocycles. The van der Waals surface area contributed by atoms with Crippen molar-refractivity contribution in [3.63, 3.8) is 0 Å². The summed E-state index contributed by atoms with van der Waals surface area (Å²) in [5, 5.41) is 2.86. The molecule has 0 fully saturated rings. The van der Waals surface area contributed by atoms with Crippen LogP contribution in [0.5, 0.6) is 0 Å². The molecular weight excluding hydrogens is 242 g/mol. The van der Waals surface area contributed by atoms with Crippen molar-refractivity contribution in [3.05, 3.63) is 63.7 Å². The van der Waals surface area contributed by atoms with E-state index in [0.717, 1.165) is 23.2 Å². The van der Waals surface area contributed by atoms with Crippen LogP contribution in [-0.2, 0) is 6.42 Å². The maximum absolute atomic E-state index is 12.1. The smallest absolute Gasteiger partial charge is 0.335 e. The lowest BCUT2D eigenvalue weighted by molar-refractivity contribution is 0.102. The van der Waals surface area contributed by atoms with E-state index in [1.165, 1.54) is 18.4 Å². The monoisotopic (exact) mass is 257 g/mol. The highest BCUT2D eigenvalue weighted by Crippen LogP contribution is 2.21. The predicted molar refractivity (Wildman–Crippen MR) is 73.5 cm³/mol. The van der Waals surface area contributed by atoms with E-state index in [0.29, 0.717) is 5.56 Å². The molecule has 0 aliphatic heterocycles. The zero-order valence-electron chi connectivity index (χ0n) is 10.9. The average molecular weight is 257 g/mol. The van der Waals surface area contributed by atoms with Crippen molar-refractivity contribution in [2.45, 2.75) is 20.3 Å². The second-order valence-corrected chi connectivity index (χ2v) is 4.26.